The highest BCUT2D eigenvalue weighted by atomic mass is 35.5. The lowest BCUT2D eigenvalue weighted by Crippen LogP contribution is -2.24. The number of fused-ring (bicyclic) bond motifs is 1. The fourth-order valence-electron chi connectivity index (χ4n) is 3.24. The van der Waals surface area contributed by atoms with Crippen molar-refractivity contribution in [1.82, 2.24) is 14.1 Å². The average molecular weight is 484 g/mol. The van der Waals surface area contributed by atoms with Crippen molar-refractivity contribution in [3.8, 4) is 11.6 Å². The highest BCUT2D eigenvalue weighted by Gasteiger charge is 2.46. The summed E-state index contributed by atoms with van der Waals surface area (Å²) >= 11 is 5.98. The Kier molecular flexibility index (Phi) is 5.25. The molecular formula is C20H13ClF3N3O4S. The van der Waals surface area contributed by atoms with Gasteiger partial charge in [0.1, 0.15) is 0 Å². The van der Waals surface area contributed by atoms with Crippen LogP contribution in [0.3, 0.4) is 0 Å². The molecule has 0 saturated heterocycles. The number of imidazole rings is 1. The summed E-state index contributed by atoms with van der Waals surface area (Å²) < 4.78 is 63.2. The van der Waals surface area contributed by atoms with E-state index in [-0.39, 0.29) is 12.2 Å². The Bertz CT molecular complexity index is 1490. The Labute approximate surface area is 183 Å². The first-order valence-corrected chi connectivity index (χ1v) is 10.8. The largest absolute Gasteiger partial charge is 0.501 e. The maximum atomic E-state index is 12.9. The summed E-state index contributed by atoms with van der Waals surface area (Å²) in [4.78, 5) is 16.1. The van der Waals surface area contributed by atoms with Gasteiger partial charge in [0.2, 0.25) is 5.88 Å². The maximum absolute atomic E-state index is 12.9. The number of halogens is 4. The van der Waals surface area contributed by atoms with Crippen LogP contribution in [0.4, 0.5) is 13.2 Å². The predicted molar refractivity (Wildman–Crippen MR) is 111 cm³/mol. The highest BCUT2D eigenvalue weighted by Crippen LogP contribution is 2.31. The lowest BCUT2D eigenvalue weighted by Gasteiger charge is -2.09. The van der Waals surface area contributed by atoms with Gasteiger partial charge in [-0.15, -0.1) is 0 Å². The molecule has 2 heterocycles. The van der Waals surface area contributed by atoms with Crippen LogP contribution in [-0.2, 0) is 16.4 Å². The van der Waals surface area contributed by atoms with Crippen molar-refractivity contribution in [3.05, 3.63) is 82.0 Å². The molecular weight excluding hydrogens is 471 g/mol. The normalized spacial score (nSPS) is 12.4. The monoisotopic (exact) mass is 483 g/mol. The molecule has 0 saturated carbocycles. The fraction of sp³-hybridized carbons (Fsp3) is 0.100. The van der Waals surface area contributed by atoms with Crippen LogP contribution in [0.2, 0.25) is 5.02 Å². The first-order valence-electron chi connectivity index (χ1n) is 8.95. The molecule has 1 N–H and O–H groups in total. The zero-order valence-corrected chi connectivity index (χ0v) is 17.5. The first kappa shape index (κ1) is 21.9. The summed E-state index contributed by atoms with van der Waals surface area (Å²) in [5, 5.41) is 11.5. The van der Waals surface area contributed by atoms with Gasteiger partial charge in [-0.05, 0) is 48.0 Å². The third kappa shape index (κ3) is 3.73. The Morgan fingerprint density at radius 1 is 1.06 bits per heavy atom. The molecule has 0 radical (unpaired) electrons. The number of nitrogens with zero attached hydrogens (tertiary/aromatic N) is 3. The summed E-state index contributed by atoms with van der Waals surface area (Å²) in [6, 6.07) is 10.3. The summed E-state index contributed by atoms with van der Waals surface area (Å²) in [5.74, 6) is -0.470. The van der Waals surface area contributed by atoms with Crippen molar-refractivity contribution in [3.63, 3.8) is 0 Å². The van der Waals surface area contributed by atoms with Gasteiger partial charge in [-0.1, -0.05) is 17.7 Å². The van der Waals surface area contributed by atoms with Crippen molar-refractivity contribution >= 4 is 32.3 Å². The van der Waals surface area contributed by atoms with Gasteiger partial charge in [0.15, 0.2) is 0 Å². The number of aromatic hydroxyl groups is 1. The van der Waals surface area contributed by atoms with Gasteiger partial charge >= 0.3 is 11.2 Å². The van der Waals surface area contributed by atoms with Crippen LogP contribution < -0.4 is 5.69 Å². The lowest BCUT2D eigenvalue weighted by molar-refractivity contribution is -0.0436. The molecule has 2 aromatic carbocycles. The SMILES string of the molecule is O=c1n(Cc2ccnc3cc(Cl)ccc23)cc(O)n1-c1ccc(S(=O)(=O)C(F)(F)F)cc1. The molecule has 0 aliphatic carbocycles. The number of hydrogen-bond acceptors (Lipinski definition) is 5. The Morgan fingerprint density at radius 2 is 1.75 bits per heavy atom. The molecule has 0 spiro atoms. The Hall–Kier alpha value is -3.31. The number of benzene rings is 2. The molecule has 2 aromatic heterocycles. The molecule has 0 amide bonds. The topological polar surface area (TPSA) is 94.2 Å². The van der Waals surface area contributed by atoms with Crippen molar-refractivity contribution in [2.75, 3.05) is 0 Å². The Balaban J connectivity index is 1.71. The van der Waals surface area contributed by atoms with Gasteiger partial charge in [-0.2, -0.15) is 13.2 Å². The summed E-state index contributed by atoms with van der Waals surface area (Å²) in [6.07, 6.45) is 2.72. The Morgan fingerprint density at radius 3 is 2.41 bits per heavy atom. The van der Waals surface area contributed by atoms with Gasteiger partial charge in [-0.25, -0.2) is 17.8 Å². The van der Waals surface area contributed by atoms with Gasteiger partial charge in [0.25, 0.3) is 9.84 Å². The molecule has 4 rings (SSSR count). The molecule has 166 valence electrons. The van der Waals surface area contributed by atoms with E-state index in [9.17, 15) is 31.5 Å². The van der Waals surface area contributed by atoms with Crippen molar-refractivity contribution in [1.29, 1.82) is 0 Å². The summed E-state index contributed by atoms with van der Waals surface area (Å²) in [7, 11) is -5.53. The van der Waals surface area contributed by atoms with Crippen LogP contribution in [0.5, 0.6) is 5.88 Å². The number of hydrogen-bond donors (Lipinski definition) is 1. The molecule has 0 fully saturated rings. The van der Waals surface area contributed by atoms with Crippen molar-refractivity contribution in [2.24, 2.45) is 0 Å². The van der Waals surface area contributed by atoms with E-state index in [1.807, 2.05) is 0 Å². The molecule has 7 nitrogen and oxygen atoms in total. The van der Waals surface area contributed by atoms with E-state index in [0.717, 1.165) is 39.8 Å². The smallest absolute Gasteiger partial charge is 0.493 e. The highest BCUT2D eigenvalue weighted by molar-refractivity contribution is 7.92. The predicted octanol–water partition coefficient (Wildman–Crippen LogP) is 3.89. The van der Waals surface area contributed by atoms with Crippen LogP contribution >= 0.6 is 11.6 Å². The molecule has 0 bridgehead atoms. The summed E-state index contributed by atoms with van der Waals surface area (Å²) in [5.41, 5.74) is -4.79. The number of rotatable bonds is 4. The minimum atomic E-state index is -5.53. The molecule has 0 unspecified atom stereocenters. The molecule has 0 aliphatic rings. The number of alkyl halides is 3. The van der Waals surface area contributed by atoms with E-state index >= 15 is 0 Å². The van der Waals surface area contributed by atoms with Gasteiger partial charge < -0.3 is 5.11 Å². The minimum absolute atomic E-state index is 0.00116. The van der Waals surface area contributed by atoms with Gasteiger partial charge in [0.05, 0.1) is 28.8 Å². The fourth-order valence-corrected chi connectivity index (χ4v) is 4.17. The molecule has 0 aliphatic heterocycles. The molecule has 12 heteroatoms. The van der Waals surface area contributed by atoms with E-state index in [2.05, 4.69) is 4.98 Å². The second-order valence-electron chi connectivity index (χ2n) is 6.81. The number of sulfone groups is 1. The molecule has 0 atom stereocenters. The zero-order chi connectivity index (χ0) is 23.3. The van der Waals surface area contributed by atoms with Crippen molar-refractivity contribution < 1.29 is 26.7 Å². The minimum Gasteiger partial charge on any atom is -0.493 e. The van der Waals surface area contributed by atoms with Crippen LogP contribution in [0.1, 0.15) is 5.56 Å². The number of aromatic nitrogens is 3. The average Bonchev–Trinajstić information content (AvgIpc) is 3.00. The van der Waals surface area contributed by atoms with E-state index in [0.29, 0.717) is 10.5 Å². The van der Waals surface area contributed by atoms with E-state index in [4.69, 9.17) is 11.6 Å². The molecule has 4 aromatic rings. The lowest BCUT2D eigenvalue weighted by atomic mass is 10.1. The van der Waals surface area contributed by atoms with Crippen LogP contribution in [-0.4, -0.2) is 33.2 Å². The zero-order valence-electron chi connectivity index (χ0n) is 15.9. The standard InChI is InChI=1S/C20H13ClF3N3O4S/c21-13-1-6-16-12(7-8-25-17(16)9-13)10-26-11-18(28)27(19(26)29)14-2-4-15(5-3-14)32(30,31)20(22,23)24/h1-9,11,28H,10H2. The second kappa shape index (κ2) is 7.68. The van der Waals surface area contributed by atoms with Crippen LogP contribution in [0, 0.1) is 0 Å². The molecule has 32 heavy (non-hydrogen) atoms. The van der Waals surface area contributed by atoms with Gasteiger partial charge in [0, 0.05) is 16.6 Å². The second-order valence-corrected chi connectivity index (χ2v) is 9.19. The van der Waals surface area contributed by atoms with Gasteiger partial charge in [-0.3, -0.25) is 9.55 Å². The van der Waals surface area contributed by atoms with Crippen molar-refractivity contribution in [2.45, 2.75) is 16.9 Å². The van der Waals surface area contributed by atoms with E-state index < -0.39 is 31.8 Å². The summed E-state index contributed by atoms with van der Waals surface area (Å²) in [6.45, 7) is 0.0700. The van der Waals surface area contributed by atoms with E-state index in [1.165, 1.54) is 10.8 Å². The quantitative estimate of drug-likeness (QED) is 0.475. The van der Waals surface area contributed by atoms with Crippen LogP contribution in [0.25, 0.3) is 16.6 Å². The number of pyridine rings is 1. The van der Waals surface area contributed by atoms with Crippen LogP contribution in [0.15, 0.2) is 70.6 Å². The third-order valence-electron chi connectivity index (χ3n) is 4.78. The maximum Gasteiger partial charge on any atom is 0.501 e. The third-order valence-corrected chi connectivity index (χ3v) is 6.52. The first-order chi connectivity index (χ1) is 15.0. The van der Waals surface area contributed by atoms with E-state index in [1.54, 1.807) is 30.5 Å².